The molecule has 0 aromatic heterocycles. The maximum atomic E-state index is 11.7. The summed E-state index contributed by atoms with van der Waals surface area (Å²) in [6.45, 7) is 6.52. The highest BCUT2D eigenvalue weighted by Gasteiger charge is 2.43. The third kappa shape index (κ3) is 1.78. The third-order valence-corrected chi connectivity index (χ3v) is 3.01. The lowest BCUT2D eigenvalue weighted by molar-refractivity contribution is -0.146. The Hall–Kier alpha value is -1.26. The molecule has 5 heteroatoms. The van der Waals surface area contributed by atoms with Crippen molar-refractivity contribution < 1.29 is 14.7 Å². The van der Waals surface area contributed by atoms with E-state index in [-0.39, 0.29) is 17.4 Å². The Kier molecular flexibility index (Phi) is 2.13. The monoisotopic (exact) mass is 212 g/mol. The Labute approximate surface area is 88.6 Å². The van der Waals surface area contributed by atoms with Gasteiger partial charge in [-0.2, -0.15) is 0 Å². The van der Waals surface area contributed by atoms with Crippen molar-refractivity contribution in [3.05, 3.63) is 0 Å². The Balaban J connectivity index is 1.78. The summed E-state index contributed by atoms with van der Waals surface area (Å²) >= 11 is 0. The molecule has 0 bridgehead atoms. The number of hydrogen-bond acceptors (Lipinski definition) is 2. The van der Waals surface area contributed by atoms with Crippen molar-refractivity contribution in [2.75, 3.05) is 26.2 Å². The van der Waals surface area contributed by atoms with Crippen LogP contribution < -0.4 is 0 Å². The highest BCUT2D eigenvalue weighted by atomic mass is 16.4. The number of carbonyl (C=O) groups is 2. The van der Waals surface area contributed by atoms with Crippen LogP contribution >= 0.6 is 0 Å². The van der Waals surface area contributed by atoms with Crippen molar-refractivity contribution in [2.24, 2.45) is 11.3 Å². The zero-order valence-electron chi connectivity index (χ0n) is 9.06. The average molecular weight is 212 g/mol. The molecule has 2 aliphatic rings. The summed E-state index contributed by atoms with van der Waals surface area (Å²) in [4.78, 5) is 25.7. The zero-order valence-corrected chi connectivity index (χ0v) is 9.06. The van der Waals surface area contributed by atoms with Crippen molar-refractivity contribution in [3.63, 3.8) is 0 Å². The molecule has 2 saturated heterocycles. The average Bonchev–Trinajstić information content (AvgIpc) is 1.95. The van der Waals surface area contributed by atoms with Gasteiger partial charge in [0.05, 0.1) is 5.92 Å². The number of rotatable bonds is 1. The number of carboxylic acids is 1. The van der Waals surface area contributed by atoms with E-state index in [1.54, 1.807) is 9.80 Å². The van der Waals surface area contributed by atoms with Crippen LogP contribution in [0.4, 0.5) is 4.79 Å². The topological polar surface area (TPSA) is 60.9 Å². The van der Waals surface area contributed by atoms with Gasteiger partial charge in [-0.25, -0.2) is 4.79 Å². The second kappa shape index (κ2) is 3.12. The van der Waals surface area contributed by atoms with Crippen LogP contribution in [-0.2, 0) is 4.79 Å². The number of hydrogen-bond donors (Lipinski definition) is 1. The molecule has 0 aromatic rings. The number of aliphatic carboxylic acids is 1. The van der Waals surface area contributed by atoms with Gasteiger partial charge in [0.1, 0.15) is 0 Å². The van der Waals surface area contributed by atoms with Crippen LogP contribution in [0.1, 0.15) is 13.8 Å². The molecule has 5 nitrogen and oxygen atoms in total. The summed E-state index contributed by atoms with van der Waals surface area (Å²) in [5, 5.41) is 8.67. The Morgan fingerprint density at radius 3 is 2.13 bits per heavy atom. The highest BCUT2D eigenvalue weighted by Crippen LogP contribution is 2.30. The lowest BCUT2D eigenvalue weighted by Crippen LogP contribution is -2.63. The van der Waals surface area contributed by atoms with Gasteiger partial charge in [0.25, 0.3) is 0 Å². The van der Waals surface area contributed by atoms with Gasteiger partial charge in [-0.1, -0.05) is 13.8 Å². The summed E-state index contributed by atoms with van der Waals surface area (Å²) in [5.74, 6) is -1.16. The first-order chi connectivity index (χ1) is 6.89. The summed E-state index contributed by atoms with van der Waals surface area (Å²) < 4.78 is 0. The third-order valence-electron chi connectivity index (χ3n) is 3.01. The van der Waals surface area contributed by atoms with E-state index in [0.717, 1.165) is 13.1 Å². The molecule has 84 valence electrons. The predicted molar refractivity (Wildman–Crippen MR) is 53.4 cm³/mol. The van der Waals surface area contributed by atoms with E-state index in [1.807, 2.05) is 0 Å². The second-order valence-corrected chi connectivity index (χ2v) is 5.24. The molecule has 0 saturated carbocycles. The van der Waals surface area contributed by atoms with E-state index in [2.05, 4.69) is 13.8 Å². The molecule has 0 aromatic carbocycles. The van der Waals surface area contributed by atoms with Crippen molar-refractivity contribution in [1.29, 1.82) is 0 Å². The summed E-state index contributed by atoms with van der Waals surface area (Å²) in [6.07, 6.45) is 0. The number of amides is 2. The fourth-order valence-corrected chi connectivity index (χ4v) is 2.11. The highest BCUT2D eigenvalue weighted by molar-refractivity contribution is 5.80. The van der Waals surface area contributed by atoms with E-state index in [9.17, 15) is 9.59 Å². The van der Waals surface area contributed by atoms with E-state index in [0.29, 0.717) is 13.1 Å². The smallest absolute Gasteiger partial charge is 0.320 e. The standard InChI is InChI=1S/C10H16N2O3/c1-10(2)5-12(6-10)9(15)11-3-7(4-11)8(13)14/h7H,3-6H2,1-2H3,(H,13,14). The van der Waals surface area contributed by atoms with Crippen LogP contribution in [-0.4, -0.2) is 53.1 Å². The first-order valence-electron chi connectivity index (χ1n) is 5.16. The van der Waals surface area contributed by atoms with Crippen LogP contribution in [0.25, 0.3) is 0 Å². The van der Waals surface area contributed by atoms with Gasteiger partial charge in [-0.15, -0.1) is 0 Å². The van der Waals surface area contributed by atoms with Crippen LogP contribution in [0.2, 0.25) is 0 Å². The fraction of sp³-hybridized carbons (Fsp3) is 0.800. The summed E-state index contributed by atoms with van der Waals surface area (Å²) in [5.41, 5.74) is 0.229. The van der Waals surface area contributed by atoms with Crippen molar-refractivity contribution in [2.45, 2.75) is 13.8 Å². The van der Waals surface area contributed by atoms with Gasteiger partial charge >= 0.3 is 12.0 Å². The normalized spacial score (nSPS) is 24.4. The van der Waals surface area contributed by atoms with Gasteiger partial charge < -0.3 is 14.9 Å². The van der Waals surface area contributed by atoms with Gasteiger partial charge in [0.15, 0.2) is 0 Å². The molecule has 1 N–H and O–H groups in total. The second-order valence-electron chi connectivity index (χ2n) is 5.24. The zero-order chi connectivity index (χ0) is 11.2. The largest absolute Gasteiger partial charge is 0.481 e. The van der Waals surface area contributed by atoms with Crippen LogP contribution in [0.5, 0.6) is 0 Å². The van der Waals surface area contributed by atoms with Gasteiger partial charge in [0, 0.05) is 31.6 Å². The predicted octanol–water partition coefficient (Wildman–Crippen LogP) is 0.465. The van der Waals surface area contributed by atoms with Gasteiger partial charge in [0.2, 0.25) is 0 Å². The number of urea groups is 1. The molecule has 2 rings (SSSR count). The fourth-order valence-electron chi connectivity index (χ4n) is 2.11. The molecule has 2 fully saturated rings. The van der Waals surface area contributed by atoms with E-state index < -0.39 is 5.97 Å². The number of likely N-dealkylation sites (tertiary alicyclic amines) is 2. The van der Waals surface area contributed by atoms with Crippen LogP contribution in [0.3, 0.4) is 0 Å². The summed E-state index contributed by atoms with van der Waals surface area (Å²) in [6, 6.07) is -0.00757. The minimum atomic E-state index is -0.803. The molecular weight excluding hydrogens is 196 g/mol. The SMILES string of the molecule is CC1(C)CN(C(=O)N2CC(C(=O)O)C2)C1. The van der Waals surface area contributed by atoms with Crippen molar-refractivity contribution in [3.8, 4) is 0 Å². The van der Waals surface area contributed by atoms with Crippen LogP contribution in [0, 0.1) is 11.3 Å². The molecule has 0 atom stereocenters. The summed E-state index contributed by atoms with van der Waals surface area (Å²) in [7, 11) is 0. The molecule has 0 spiro atoms. The van der Waals surface area contributed by atoms with Crippen molar-refractivity contribution in [1.82, 2.24) is 9.80 Å². The number of carbonyl (C=O) groups excluding carboxylic acids is 1. The molecule has 0 unspecified atom stereocenters. The van der Waals surface area contributed by atoms with Gasteiger partial charge in [-0.05, 0) is 0 Å². The van der Waals surface area contributed by atoms with E-state index in [1.165, 1.54) is 0 Å². The maximum absolute atomic E-state index is 11.7. The molecule has 15 heavy (non-hydrogen) atoms. The molecule has 0 aliphatic carbocycles. The lowest BCUT2D eigenvalue weighted by atomic mass is 9.84. The van der Waals surface area contributed by atoms with E-state index in [4.69, 9.17) is 5.11 Å². The number of nitrogens with zero attached hydrogens (tertiary/aromatic N) is 2. The molecule has 2 amide bonds. The molecular formula is C10H16N2O3. The Morgan fingerprint density at radius 1 is 1.20 bits per heavy atom. The quantitative estimate of drug-likeness (QED) is 0.687. The van der Waals surface area contributed by atoms with Crippen LogP contribution in [0.15, 0.2) is 0 Å². The molecule has 2 aliphatic heterocycles. The van der Waals surface area contributed by atoms with E-state index >= 15 is 0 Å². The maximum Gasteiger partial charge on any atom is 0.320 e. The Morgan fingerprint density at radius 2 is 1.73 bits per heavy atom. The minimum Gasteiger partial charge on any atom is -0.481 e. The first kappa shape index (κ1) is 10.3. The molecule has 0 radical (unpaired) electrons. The lowest BCUT2D eigenvalue weighted by Gasteiger charge is -2.49. The molecule has 2 heterocycles. The van der Waals surface area contributed by atoms with Crippen molar-refractivity contribution >= 4 is 12.0 Å². The number of carboxylic acid groups (broad SMARTS) is 1. The Bertz CT molecular complexity index is 300. The first-order valence-corrected chi connectivity index (χ1v) is 5.16. The minimum absolute atomic E-state index is 0.00757. The van der Waals surface area contributed by atoms with Gasteiger partial charge in [-0.3, -0.25) is 4.79 Å².